The summed E-state index contributed by atoms with van der Waals surface area (Å²) in [6.45, 7) is 0. The van der Waals surface area contributed by atoms with E-state index in [1.807, 2.05) is 6.07 Å². The van der Waals surface area contributed by atoms with Gasteiger partial charge in [-0.2, -0.15) is 0 Å². The minimum absolute atomic E-state index is 0.137. The largest absolute Gasteiger partial charge is 0.348 e. The van der Waals surface area contributed by atoms with Crippen LogP contribution in [0.4, 0.5) is 0 Å². The molecule has 1 atom stereocenters. The zero-order valence-electron chi connectivity index (χ0n) is 10.8. The molecule has 2 aromatic rings. The molecule has 20 heavy (non-hydrogen) atoms. The maximum Gasteiger partial charge on any atom is 0.271 e. The Kier molecular flexibility index (Phi) is 3.65. The van der Waals surface area contributed by atoms with Crippen molar-refractivity contribution in [2.45, 2.75) is 25.3 Å². The predicted molar refractivity (Wildman–Crippen MR) is 76.8 cm³/mol. The lowest BCUT2D eigenvalue weighted by Crippen LogP contribution is -2.39. The number of halogens is 1. The Morgan fingerprint density at radius 1 is 1.25 bits per heavy atom. The van der Waals surface area contributed by atoms with Crippen molar-refractivity contribution in [2.24, 2.45) is 0 Å². The van der Waals surface area contributed by atoms with Gasteiger partial charge in [0.05, 0.1) is 12.4 Å². The van der Waals surface area contributed by atoms with Gasteiger partial charge in [-0.3, -0.25) is 9.78 Å². The van der Waals surface area contributed by atoms with Crippen molar-refractivity contribution in [3.63, 3.8) is 0 Å². The standard InChI is InChI=1S/C15H14ClN3O/c16-14-9-17-8-13(19-14)15(20)18-12-6-5-10-3-1-2-4-11(10)7-12/h1-4,8-9,12H,5-7H2,(H,18,20). The van der Waals surface area contributed by atoms with Crippen LogP contribution in [0.15, 0.2) is 36.7 Å². The Morgan fingerprint density at radius 3 is 2.85 bits per heavy atom. The number of hydrogen-bond donors (Lipinski definition) is 1. The highest BCUT2D eigenvalue weighted by atomic mass is 35.5. The van der Waals surface area contributed by atoms with E-state index in [4.69, 9.17) is 11.6 Å². The molecule has 3 rings (SSSR count). The second-order valence-electron chi connectivity index (χ2n) is 4.91. The van der Waals surface area contributed by atoms with Gasteiger partial charge >= 0.3 is 0 Å². The highest BCUT2D eigenvalue weighted by Crippen LogP contribution is 2.21. The molecule has 1 aliphatic carbocycles. The molecular weight excluding hydrogens is 274 g/mol. The van der Waals surface area contributed by atoms with E-state index in [0.29, 0.717) is 0 Å². The molecule has 1 unspecified atom stereocenters. The van der Waals surface area contributed by atoms with Crippen LogP contribution in [0.1, 0.15) is 28.0 Å². The molecule has 0 aliphatic heterocycles. The quantitative estimate of drug-likeness (QED) is 0.923. The molecular formula is C15H14ClN3O. The second kappa shape index (κ2) is 5.59. The summed E-state index contributed by atoms with van der Waals surface area (Å²) >= 11 is 5.75. The number of nitrogens with zero attached hydrogens (tertiary/aromatic N) is 2. The zero-order chi connectivity index (χ0) is 13.9. The molecule has 0 saturated heterocycles. The van der Waals surface area contributed by atoms with Crippen LogP contribution >= 0.6 is 11.6 Å². The normalized spacial score (nSPS) is 17.4. The fourth-order valence-electron chi connectivity index (χ4n) is 2.53. The summed E-state index contributed by atoms with van der Waals surface area (Å²) in [6.07, 6.45) is 5.63. The fourth-order valence-corrected chi connectivity index (χ4v) is 2.68. The maximum atomic E-state index is 12.1. The number of fused-ring (bicyclic) bond motifs is 1. The van der Waals surface area contributed by atoms with Crippen molar-refractivity contribution in [3.8, 4) is 0 Å². The molecule has 0 saturated carbocycles. The fraction of sp³-hybridized carbons (Fsp3) is 0.267. The van der Waals surface area contributed by atoms with E-state index in [2.05, 4.69) is 33.5 Å². The number of benzene rings is 1. The second-order valence-corrected chi connectivity index (χ2v) is 5.30. The van der Waals surface area contributed by atoms with Crippen LogP contribution in [-0.4, -0.2) is 21.9 Å². The van der Waals surface area contributed by atoms with Crippen molar-refractivity contribution < 1.29 is 4.79 Å². The number of nitrogens with one attached hydrogen (secondary N) is 1. The summed E-state index contributed by atoms with van der Waals surface area (Å²) in [6, 6.07) is 8.49. The van der Waals surface area contributed by atoms with Gasteiger partial charge in [-0.05, 0) is 30.4 Å². The van der Waals surface area contributed by atoms with Crippen molar-refractivity contribution in [1.29, 1.82) is 0 Å². The van der Waals surface area contributed by atoms with Gasteiger partial charge in [0.2, 0.25) is 0 Å². The van der Waals surface area contributed by atoms with Gasteiger partial charge in [0.1, 0.15) is 10.8 Å². The van der Waals surface area contributed by atoms with Crippen LogP contribution in [0.2, 0.25) is 5.15 Å². The van der Waals surface area contributed by atoms with E-state index in [-0.39, 0.29) is 22.8 Å². The van der Waals surface area contributed by atoms with E-state index < -0.39 is 0 Å². The molecule has 102 valence electrons. The van der Waals surface area contributed by atoms with Crippen LogP contribution in [0.3, 0.4) is 0 Å². The van der Waals surface area contributed by atoms with Gasteiger partial charge in [-0.15, -0.1) is 0 Å². The van der Waals surface area contributed by atoms with Crippen LogP contribution < -0.4 is 5.32 Å². The van der Waals surface area contributed by atoms with Crippen molar-refractivity contribution in [1.82, 2.24) is 15.3 Å². The number of carbonyl (C=O) groups is 1. The summed E-state index contributed by atoms with van der Waals surface area (Å²) in [7, 11) is 0. The lowest BCUT2D eigenvalue weighted by atomic mass is 9.88. The molecule has 1 aromatic heterocycles. The van der Waals surface area contributed by atoms with E-state index in [0.717, 1.165) is 19.3 Å². The lowest BCUT2D eigenvalue weighted by Gasteiger charge is -2.25. The van der Waals surface area contributed by atoms with Crippen LogP contribution in [0.25, 0.3) is 0 Å². The third kappa shape index (κ3) is 2.80. The Hall–Kier alpha value is -1.94. The lowest BCUT2D eigenvalue weighted by molar-refractivity contribution is 0.0928. The number of hydrogen-bond acceptors (Lipinski definition) is 3. The minimum atomic E-state index is -0.218. The average Bonchev–Trinajstić information content (AvgIpc) is 2.47. The molecule has 0 bridgehead atoms. The van der Waals surface area contributed by atoms with E-state index in [1.54, 1.807) is 0 Å². The first kappa shape index (κ1) is 13.1. The average molecular weight is 288 g/mol. The first-order chi connectivity index (χ1) is 9.72. The number of aryl methyl sites for hydroxylation is 1. The summed E-state index contributed by atoms with van der Waals surface area (Å²) in [5.74, 6) is -0.218. The third-order valence-corrected chi connectivity index (χ3v) is 3.70. The monoisotopic (exact) mass is 287 g/mol. The van der Waals surface area contributed by atoms with Crippen LogP contribution in [0.5, 0.6) is 0 Å². The minimum Gasteiger partial charge on any atom is -0.348 e. The van der Waals surface area contributed by atoms with E-state index in [9.17, 15) is 4.79 Å². The summed E-state index contributed by atoms with van der Waals surface area (Å²) in [4.78, 5) is 20.0. The Bertz CT molecular complexity index is 645. The van der Waals surface area contributed by atoms with Crippen molar-refractivity contribution in [2.75, 3.05) is 0 Å². The number of aromatic nitrogens is 2. The zero-order valence-corrected chi connectivity index (χ0v) is 11.6. The predicted octanol–water partition coefficient (Wildman–Crippen LogP) is 2.42. The van der Waals surface area contributed by atoms with E-state index >= 15 is 0 Å². The Morgan fingerprint density at radius 2 is 2.05 bits per heavy atom. The SMILES string of the molecule is O=C(NC1CCc2ccccc2C1)c1cncc(Cl)n1. The molecule has 1 heterocycles. The molecule has 0 fully saturated rings. The van der Waals surface area contributed by atoms with Gasteiger partial charge in [0, 0.05) is 6.04 Å². The van der Waals surface area contributed by atoms with Crippen molar-refractivity contribution >= 4 is 17.5 Å². The van der Waals surface area contributed by atoms with Gasteiger partial charge in [-0.1, -0.05) is 35.9 Å². The maximum absolute atomic E-state index is 12.1. The molecule has 4 nitrogen and oxygen atoms in total. The first-order valence-corrected chi connectivity index (χ1v) is 6.95. The summed E-state index contributed by atoms with van der Waals surface area (Å²) in [5.41, 5.74) is 2.94. The highest BCUT2D eigenvalue weighted by Gasteiger charge is 2.21. The molecule has 5 heteroatoms. The van der Waals surface area contributed by atoms with Crippen LogP contribution in [0, 0.1) is 0 Å². The summed E-state index contributed by atoms with van der Waals surface area (Å²) < 4.78 is 0. The van der Waals surface area contributed by atoms with Crippen molar-refractivity contribution in [3.05, 3.63) is 58.6 Å². The smallest absolute Gasteiger partial charge is 0.271 e. The molecule has 0 radical (unpaired) electrons. The topological polar surface area (TPSA) is 54.9 Å². The molecule has 1 aliphatic rings. The number of amides is 1. The highest BCUT2D eigenvalue weighted by molar-refractivity contribution is 6.29. The van der Waals surface area contributed by atoms with Gasteiger partial charge in [0.15, 0.2) is 0 Å². The molecule has 0 spiro atoms. The third-order valence-electron chi connectivity index (χ3n) is 3.52. The first-order valence-electron chi connectivity index (χ1n) is 6.57. The summed E-state index contributed by atoms with van der Waals surface area (Å²) in [5, 5.41) is 3.23. The van der Waals surface area contributed by atoms with Gasteiger partial charge in [-0.25, -0.2) is 4.98 Å². The Labute approximate surface area is 122 Å². The molecule has 1 amide bonds. The van der Waals surface area contributed by atoms with Gasteiger partial charge in [0.25, 0.3) is 5.91 Å². The molecule has 1 N–H and O–H groups in total. The van der Waals surface area contributed by atoms with Gasteiger partial charge < -0.3 is 5.32 Å². The number of carbonyl (C=O) groups excluding carboxylic acids is 1. The Balaban J connectivity index is 1.69. The number of rotatable bonds is 2. The van der Waals surface area contributed by atoms with Crippen LogP contribution in [-0.2, 0) is 12.8 Å². The molecule has 1 aromatic carbocycles. The van der Waals surface area contributed by atoms with E-state index in [1.165, 1.54) is 23.5 Å².